The van der Waals surface area contributed by atoms with Crippen molar-refractivity contribution in [2.45, 2.75) is 17.9 Å². The third kappa shape index (κ3) is 4.56. The first-order valence-corrected chi connectivity index (χ1v) is 11.5. The number of carbonyl (C=O) groups is 1. The van der Waals surface area contributed by atoms with Crippen molar-refractivity contribution in [1.29, 1.82) is 0 Å². The van der Waals surface area contributed by atoms with E-state index in [2.05, 4.69) is 5.32 Å². The Morgan fingerprint density at radius 1 is 1.03 bits per heavy atom. The number of nitrogens with zero attached hydrogens (tertiary/aromatic N) is 1. The lowest BCUT2D eigenvalue weighted by Gasteiger charge is -2.27. The summed E-state index contributed by atoms with van der Waals surface area (Å²) in [5.41, 5.74) is 1.72. The molecule has 2 heterocycles. The Hall–Kier alpha value is -2.94. The number of ether oxygens (including phenoxy) is 1. The molecule has 0 bridgehead atoms. The highest BCUT2D eigenvalue weighted by molar-refractivity contribution is 7.89. The fraction of sp³-hybridized carbons (Fsp3) is 0.261. The summed E-state index contributed by atoms with van der Waals surface area (Å²) in [6.07, 6.45) is 1.55. The minimum atomic E-state index is -3.72. The van der Waals surface area contributed by atoms with Gasteiger partial charge in [-0.25, -0.2) is 8.42 Å². The number of furan rings is 1. The molecule has 7 nitrogen and oxygen atoms in total. The van der Waals surface area contributed by atoms with Gasteiger partial charge in [-0.05, 0) is 42.3 Å². The van der Waals surface area contributed by atoms with Crippen molar-refractivity contribution < 1.29 is 22.4 Å². The quantitative estimate of drug-likeness (QED) is 0.636. The average Bonchev–Trinajstić information content (AvgIpc) is 3.33. The molecule has 1 fully saturated rings. The predicted octanol–water partition coefficient (Wildman–Crippen LogP) is 3.13. The number of nitrogens with one attached hydrogen (secondary N) is 1. The molecular formula is C23H24N2O5S. The second-order valence-corrected chi connectivity index (χ2v) is 9.24. The van der Waals surface area contributed by atoms with Gasteiger partial charge >= 0.3 is 0 Å². The van der Waals surface area contributed by atoms with E-state index in [1.807, 2.05) is 30.3 Å². The SMILES string of the molecule is Cc1ccc(C(=O)NC(c2ccccc2)c2ccco2)cc1S(=O)(=O)N1CCOCC1. The molecule has 0 spiro atoms. The Morgan fingerprint density at radius 3 is 2.45 bits per heavy atom. The van der Waals surface area contributed by atoms with E-state index in [4.69, 9.17) is 9.15 Å². The average molecular weight is 441 g/mol. The van der Waals surface area contributed by atoms with E-state index in [1.54, 1.807) is 37.5 Å². The summed E-state index contributed by atoms with van der Waals surface area (Å²) in [7, 11) is -3.72. The molecule has 31 heavy (non-hydrogen) atoms. The molecule has 1 atom stereocenters. The van der Waals surface area contributed by atoms with Crippen molar-refractivity contribution in [2.24, 2.45) is 0 Å². The number of sulfonamides is 1. The van der Waals surface area contributed by atoms with Crippen LogP contribution in [0.15, 0.2) is 76.2 Å². The van der Waals surface area contributed by atoms with E-state index in [0.717, 1.165) is 5.56 Å². The Morgan fingerprint density at radius 2 is 1.77 bits per heavy atom. The first-order valence-electron chi connectivity index (χ1n) is 10.0. The number of hydrogen-bond donors (Lipinski definition) is 1. The molecule has 162 valence electrons. The van der Waals surface area contributed by atoms with Crippen molar-refractivity contribution in [3.8, 4) is 0 Å². The number of rotatable bonds is 6. The highest BCUT2D eigenvalue weighted by atomic mass is 32.2. The molecule has 1 aliphatic rings. The lowest BCUT2D eigenvalue weighted by atomic mass is 10.0. The Kier molecular flexibility index (Phi) is 6.22. The van der Waals surface area contributed by atoms with Crippen LogP contribution >= 0.6 is 0 Å². The number of aryl methyl sites for hydroxylation is 1. The summed E-state index contributed by atoms with van der Waals surface area (Å²) >= 11 is 0. The molecule has 1 aliphatic heterocycles. The van der Waals surface area contributed by atoms with Crippen molar-refractivity contribution in [3.05, 3.63) is 89.4 Å². The molecule has 0 saturated carbocycles. The van der Waals surface area contributed by atoms with E-state index in [-0.39, 0.29) is 16.4 Å². The minimum absolute atomic E-state index is 0.135. The van der Waals surface area contributed by atoms with Crippen LogP contribution in [-0.4, -0.2) is 44.9 Å². The maximum absolute atomic E-state index is 13.1. The first kappa shape index (κ1) is 21.3. The predicted molar refractivity (Wildman–Crippen MR) is 115 cm³/mol. The number of hydrogen-bond acceptors (Lipinski definition) is 5. The standard InChI is InChI=1S/C23H24N2O5S/c1-17-9-10-19(16-21(17)31(27,28)25-11-14-29-15-12-25)23(26)24-22(20-8-5-13-30-20)18-6-3-2-4-7-18/h2-10,13,16,22H,11-12,14-15H2,1H3,(H,24,26). The van der Waals surface area contributed by atoms with Crippen LogP contribution in [0.1, 0.15) is 33.3 Å². The lowest BCUT2D eigenvalue weighted by Crippen LogP contribution is -2.41. The van der Waals surface area contributed by atoms with E-state index in [0.29, 0.717) is 37.6 Å². The van der Waals surface area contributed by atoms with E-state index < -0.39 is 16.1 Å². The Labute approximate surface area is 181 Å². The maximum Gasteiger partial charge on any atom is 0.252 e. The summed E-state index contributed by atoms with van der Waals surface area (Å²) in [5, 5.41) is 2.97. The molecule has 0 aliphatic carbocycles. The topological polar surface area (TPSA) is 88.8 Å². The van der Waals surface area contributed by atoms with Crippen LogP contribution < -0.4 is 5.32 Å². The molecule has 1 saturated heterocycles. The normalized spacial score (nSPS) is 16.0. The van der Waals surface area contributed by atoms with Gasteiger partial charge in [0.2, 0.25) is 10.0 Å². The van der Waals surface area contributed by atoms with Gasteiger partial charge in [-0.2, -0.15) is 4.31 Å². The highest BCUT2D eigenvalue weighted by Crippen LogP contribution is 2.25. The zero-order chi connectivity index (χ0) is 21.8. The molecule has 4 rings (SSSR count). The lowest BCUT2D eigenvalue weighted by molar-refractivity contribution is 0.0730. The van der Waals surface area contributed by atoms with Gasteiger partial charge in [-0.1, -0.05) is 36.4 Å². The molecule has 2 aromatic carbocycles. The second kappa shape index (κ2) is 9.05. The smallest absolute Gasteiger partial charge is 0.252 e. The van der Waals surface area contributed by atoms with Crippen molar-refractivity contribution in [1.82, 2.24) is 9.62 Å². The number of benzene rings is 2. The van der Waals surface area contributed by atoms with Gasteiger partial charge in [0.05, 0.1) is 24.4 Å². The fourth-order valence-electron chi connectivity index (χ4n) is 3.58. The van der Waals surface area contributed by atoms with Gasteiger partial charge in [-0.3, -0.25) is 4.79 Å². The minimum Gasteiger partial charge on any atom is -0.467 e. The van der Waals surface area contributed by atoms with Crippen LogP contribution in [0.4, 0.5) is 0 Å². The first-order chi connectivity index (χ1) is 15.0. The number of carbonyl (C=O) groups excluding carboxylic acids is 1. The van der Waals surface area contributed by atoms with Crippen molar-refractivity contribution >= 4 is 15.9 Å². The van der Waals surface area contributed by atoms with Crippen molar-refractivity contribution in [3.63, 3.8) is 0 Å². The Bertz CT molecular complexity index is 1140. The second-order valence-electron chi connectivity index (χ2n) is 7.33. The van der Waals surface area contributed by atoms with Gasteiger partial charge < -0.3 is 14.5 Å². The zero-order valence-electron chi connectivity index (χ0n) is 17.2. The van der Waals surface area contributed by atoms with Crippen LogP contribution in [0.25, 0.3) is 0 Å². The third-order valence-corrected chi connectivity index (χ3v) is 7.31. The molecular weight excluding hydrogens is 416 g/mol. The molecule has 1 amide bonds. The molecule has 1 aromatic heterocycles. The molecule has 1 unspecified atom stereocenters. The monoisotopic (exact) mass is 440 g/mol. The molecule has 3 aromatic rings. The van der Waals surface area contributed by atoms with Gasteiger partial charge in [0.1, 0.15) is 11.8 Å². The zero-order valence-corrected chi connectivity index (χ0v) is 18.0. The van der Waals surface area contributed by atoms with E-state index >= 15 is 0 Å². The van der Waals surface area contributed by atoms with E-state index in [1.165, 1.54) is 10.4 Å². The van der Waals surface area contributed by atoms with Gasteiger partial charge in [0.15, 0.2) is 0 Å². The fourth-order valence-corrected chi connectivity index (χ4v) is 5.24. The van der Waals surface area contributed by atoms with Gasteiger partial charge in [-0.15, -0.1) is 0 Å². The van der Waals surface area contributed by atoms with Crippen LogP contribution in [0.2, 0.25) is 0 Å². The Balaban J connectivity index is 1.63. The number of amides is 1. The van der Waals surface area contributed by atoms with Gasteiger partial charge in [0, 0.05) is 18.7 Å². The van der Waals surface area contributed by atoms with Crippen LogP contribution in [-0.2, 0) is 14.8 Å². The summed E-state index contributed by atoms with van der Waals surface area (Å²) in [6.45, 7) is 3.05. The van der Waals surface area contributed by atoms with Crippen LogP contribution in [0.5, 0.6) is 0 Å². The summed E-state index contributed by atoms with van der Waals surface area (Å²) in [5.74, 6) is 0.205. The number of morpholine rings is 1. The van der Waals surface area contributed by atoms with E-state index in [9.17, 15) is 13.2 Å². The van der Waals surface area contributed by atoms with Crippen molar-refractivity contribution in [2.75, 3.05) is 26.3 Å². The molecule has 1 N–H and O–H groups in total. The maximum atomic E-state index is 13.1. The summed E-state index contributed by atoms with van der Waals surface area (Å²) in [4.78, 5) is 13.2. The summed E-state index contributed by atoms with van der Waals surface area (Å²) < 4.78 is 38.5. The summed E-state index contributed by atoms with van der Waals surface area (Å²) in [6, 6.07) is 17.3. The highest BCUT2D eigenvalue weighted by Gasteiger charge is 2.29. The third-order valence-electron chi connectivity index (χ3n) is 5.27. The van der Waals surface area contributed by atoms with Gasteiger partial charge in [0.25, 0.3) is 5.91 Å². The van der Waals surface area contributed by atoms with Crippen LogP contribution in [0, 0.1) is 6.92 Å². The molecule has 0 radical (unpaired) electrons. The molecule has 8 heteroatoms. The largest absolute Gasteiger partial charge is 0.467 e. The van der Waals surface area contributed by atoms with Crippen LogP contribution in [0.3, 0.4) is 0 Å².